The molecule has 6 heteroatoms. The molecule has 0 atom stereocenters. The third kappa shape index (κ3) is 3.61. The van der Waals surface area contributed by atoms with Gasteiger partial charge in [0, 0.05) is 49.3 Å². The smallest absolute Gasteiger partial charge is 0.266 e. The van der Waals surface area contributed by atoms with E-state index in [4.69, 9.17) is 5.10 Å². The summed E-state index contributed by atoms with van der Waals surface area (Å²) < 4.78 is 3.83. The van der Waals surface area contributed by atoms with Crippen LogP contribution in [0.5, 0.6) is 0 Å². The van der Waals surface area contributed by atoms with E-state index in [9.17, 15) is 4.79 Å². The highest BCUT2D eigenvalue weighted by atomic mass is 16.1. The van der Waals surface area contributed by atoms with Crippen molar-refractivity contribution in [1.29, 1.82) is 0 Å². The van der Waals surface area contributed by atoms with Gasteiger partial charge in [0.25, 0.3) is 5.56 Å². The lowest BCUT2D eigenvalue weighted by Gasteiger charge is -2.38. The third-order valence-corrected chi connectivity index (χ3v) is 5.45. The quantitative estimate of drug-likeness (QED) is 0.844. The van der Waals surface area contributed by atoms with Gasteiger partial charge in [-0.25, -0.2) is 4.68 Å². The molecular weight excluding hydrogens is 326 g/mol. The lowest BCUT2D eigenvalue weighted by atomic mass is 9.92. The number of aromatic nitrogens is 4. The van der Waals surface area contributed by atoms with Gasteiger partial charge in [-0.05, 0) is 31.4 Å². The zero-order valence-corrected chi connectivity index (χ0v) is 16.1. The van der Waals surface area contributed by atoms with E-state index in [1.54, 1.807) is 10.7 Å². The molecule has 0 unspecified atom stereocenters. The molecule has 1 saturated heterocycles. The van der Waals surface area contributed by atoms with Crippen molar-refractivity contribution in [2.24, 2.45) is 5.92 Å². The van der Waals surface area contributed by atoms with Crippen LogP contribution in [0.2, 0.25) is 0 Å². The third-order valence-electron chi connectivity index (χ3n) is 5.45. The van der Waals surface area contributed by atoms with Crippen LogP contribution in [0.1, 0.15) is 50.7 Å². The maximum Gasteiger partial charge on any atom is 0.266 e. The standard InChI is InChI=1S/C20H29N5O/c1-20(2,3)18-7-8-19(26)25(22-18)13-15-11-23(12-15)14-16-10-17-6-4-5-9-24(17)21-16/h7-8,10,15H,4-6,9,11-14H2,1-3H3. The molecule has 2 aliphatic rings. The van der Waals surface area contributed by atoms with Gasteiger partial charge in [-0.1, -0.05) is 20.8 Å². The van der Waals surface area contributed by atoms with E-state index in [1.165, 1.54) is 24.2 Å². The second-order valence-electron chi connectivity index (χ2n) is 8.86. The van der Waals surface area contributed by atoms with E-state index in [2.05, 4.69) is 41.5 Å². The van der Waals surface area contributed by atoms with Crippen molar-refractivity contribution >= 4 is 0 Å². The van der Waals surface area contributed by atoms with Crippen molar-refractivity contribution < 1.29 is 0 Å². The van der Waals surface area contributed by atoms with Gasteiger partial charge in [0.05, 0.1) is 17.9 Å². The zero-order valence-electron chi connectivity index (χ0n) is 16.1. The summed E-state index contributed by atoms with van der Waals surface area (Å²) in [7, 11) is 0. The minimum Gasteiger partial charge on any atom is -0.297 e. The highest BCUT2D eigenvalue weighted by molar-refractivity contribution is 5.13. The molecule has 0 saturated carbocycles. The summed E-state index contributed by atoms with van der Waals surface area (Å²) >= 11 is 0. The molecule has 2 aromatic rings. The molecule has 4 rings (SSSR count). The van der Waals surface area contributed by atoms with E-state index in [-0.39, 0.29) is 11.0 Å². The Bertz CT molecular complexity index is 815. The predicted octanol–water partition coefficient (Wildman–Crippen LogP) is 2.21. The van der Waals surface area contributed by atoms with Crippen LogP contribution in [-0.2, 0) is 31.5 Å². The molecule has 26 heavy (non-hydrogen) atoms. The Morgan fingerprint density at radius 2 is 1.96 bits per heavy atom. The zero-order chi connectivity index (χ0) is 18.3. The number of aryl methyl sites for hydroxylation is 2. The largest absolute Gasteiger partial charge is 0.297 e. The summed E-state index contributed by atoms with van der Waals surface area (Å²) in [5.41, 5.74) is 3.50. The normalized spacial score (nSPS) is 18.6. The number of rotatable bonds is 4. The molecule has 0 radical (unpaired) electrons. The minimum atomic E-state index is -0.0403. The Morgan fingerprint density at radius 3 is 2.69 bits per heavy atom. The summed E-state index contributed by atoms with van der Waals surface area (Å²) in [5.74, 6) is 0.493. The summed E-state index contributed by atoms with van der Waals surface area (Å²) in [4.78, 5) is 14.5. The van der Waals surface area contributed by atoms with Crippen LogP contribution in [0.25, 0.3) is 0 Å². The summed E-state index contributed by atoms with van der Waals surface area (Å²) in [6.45, 7) is 11.1. The first-order valence-electron chi connectivity index (χ1n) is 9.75. The van der Waals surface area contributed by atoms with Gasteiger partial charge in [0.1, 0.15) is 0 Å². The minimum absolute atomic E-state index is 0.00164. The summed E-state index contributed by atoms with van der Waals surface area (Å²) in [5, 5.41) is 9.33. The molecule has 4 heterocycles. The van der Waals surface area contributed by atoms with Crippen molar-refractivity contribution in [2.45, 2.75) is 65.1 Å². The summed E-state index contributed by atoms with van der Waals surface area (Å²) in [6, 6.07) is 5.78. The lowest BCUT2D eigenvalue weighted by molar-refractivity contribution is 0.0749. The van der Waals surface area contributed by atoms with Crippen LogP contribution in [0.3, 0.4) is 0 Å². The van der Waals surface area contributed by atoms with Gasteiger partial charge in [-0.15, -0.1) is 0 Å². The molecule has 2 aliphatic heterocycles. The molecule has 0 N–H and O–H groups in total. The molecule has 0 aliphatic carbocycles. The fraction of sp³-hybridized carbons (Fsp3) is 0.650. The van der Waals surface area contributed by atoms with Crippen molar-refractivity contribution in [1.82, 2.24) is 24.5 Å². The molecule has 0 amide bonds. The highest BCUT2D eigenvalue weighted by Crippen LogP contribution is 2.22. The number of hydrogen-bond donors (Lipinski definition) is 0. The van der Waals surface area contributed by atoms with Gasteiger partial charge in [0.15, 0.2) is 0 Å². The Morgan fingerprint density at radius 1 is 1.15 bits per heavy atom. The topological polar surface area (TPSA) is 56.0 Å². The van der Waals surface area contributed by atoms with Crippen LogP contribution < -0.4 is 5.56 Å². The van der Waals surface area contributed by atoms with Crippen LogP contribution in [0.15, 0.2) is 23.0 Å². The number of likely N-dealkylation sites (tertiary alicyclic amines) is 1. The molecule has 140 valence electrons. The molecule has 1 fully saturated rings. The Labute approximate surface area is 154 Å². The molecule has 2 aromatic heterocycles. The molecule has 0 aromatic carbocycles. The van der Waals surface area contributed by atoms with Gasteiger partial charge in [0.2, 0.25) is 0 Å². The first kappa shape index (κ1) is 17.5. The Hall–Kier alpha value is -1.95. The van der Waals surface area contributed by atoms with E-state index >= 15 is 0 Å². The second kappa shape index (κ2) is 6.65. The fourth-order valence-corrected chi connectivity index (χ4v) is 3.93. The predicted molar refractivity (Wildman–Crippen MR) is 101 cm³/mol. The summed E-state index contributed by atoms with van der Waals surface area (Å²) in [6.07, 6.45) is 3.69. The van der Waals surface area contributed by atoms with Crippen LogP contribution in [0.4, 0.5) is 0 Å². The van der Waals surface area contributed by atoms with Crippen molar-refractivity contribution in [2.75, 3.05) is 13.1 Å². The van der Waals surface area contributed by atoms with Crippen LogP contribution in [-0.4, -0.2) is 37.6 Å². The fourth-order valence-electron chi connectivity index (χ4n) is 3.93. The highest BCUT2D eigenvalue weighted by Gasteiger charge is 2.29. The second-order valence-corrected chi connectivity index (χ2v) is 8.86. The Kier molecular flexibility index (Phi) is 4.47. The van der Waals surface area contributed by atoms with E-state index in [1.807, 2.05) is 6.07 Å². The Balaban J connectivity index is 1.34. The average molecular weight is 355 g/mol. The van der Waals surface area contributed by atoms with Gasteiger partial charge < -0.3 is 0 Å². The monoisotopic (exact) mass is 355 g/mol. The average Bonchev–Trinajstić information content (AvgIpc) is 2.96. The lowest BCUT2D eigenvalue weighted by Crippen LogP contribution is -2.49. The molecule has 0 spiro atoms. The van der Waals surface area contributed by atoms with Crippen molar-refractivity contribution in [3.8, 4) is 0 Å². The van der Waals surface area contributed by atoms with Gasteiger partial charge in [-0.2, -0.15) is 10.2 Å². The number of hydrogen-bond acceptors (Lipinski definition) is 4. The number of nitrogens with zero attached hydrogens (tertiary/aromatic N) is 5. The molecule has 0 bridgehead atoms. The van der Waals surface area contributed by atoms with Gasteiger partial charge >= 0.3 is 0 Å². The van der Waals surface area contributed by atoms with Crippen LogP contribution in [0, 0.1) is 5.92 Å². The van der Waals surface area contributed by atoms with E-state index in [0.717, 1.165) is 38.3 Å². The van der Waals surface area contributed by atoms with Crippen molar-refractivity contribution in [3.05, 3.63) is 45.6 Å². The maximum atomic E-state index is 12.1. The van der Waals surface area contributed by atoms with E-state index in [0.29, 0.717) is 12.5 Å². The van der Waals surface area contributed by atoms with Gasteiger partial charge in [-0.3, -0.25) is 14.4 Å². The number of fused-ring (bicyclic) bond motifs is 1. The van der Waals surface area contributed by atoms with E-state index < -0.39 is 0 Å². The molecular formula is C20H29N5O. The first-order valence-corrected chi connectivity index (χ1v) is 9.75. The van der Waals surface area contributed by atoms with Crippen molar-refractivity contribution in [3.63, 3.8) is 0 Å². The SMILES string of the molecule is CC(C)(C)c1ccc(=O)n(CC2CN(Cc3cc4n(n3)CCCC4)C2)n1. The maximum absolute atomic E-state index is 12.1. The molecule has 6 nitrogen and oxygen atoms in total. The van der Waals surface area contributed by atoms with Crippen LogP contribution >= 0.6 is 0 Å². The first-order chi connectivity index (χ1) is 12.4.